The molecule has 0 aromatic rings. The maximum atomic E-state index is 11.1. The highest BCUT2D eigenvalue weighted by Crippen LogP contribution is 2.20. The summed E-state index contributed by atoms with van der Waals surface area (Å²) in [6.45, 7) is 15.4. The standard InChI is InChI=1S/2C4H7F3.2C2H3F3.2C2H4/c2*1-2-3-4(5,6)7;2*1-2(3,4)5;2*1-2/h2*2-3H2,1H3;2*1H3;2*1-2H2. The van der Waals surface area contributed by atoms with E-state index in [0.717, 1.165) is 0 Å². The molecule has 0 nitrogen and oxygen atoms in total. The van der Waals surface area contributed by atoms with Gasteiger partial charge in [-0.2, -0.15) is 52.7 Å². The SMILES string of the molecule is C=C.C=C.CC(F)(F)F.CC(F)(F)F.CCCC(F)(F)F.CCCC(F)(F)F. The van der Waals surface area contributed by atoms with Crippen LogP contribution in [0.1, 0.15) is 53.4 Å². The lowest BCUT2D eigenvalue weighted by Crippen LogP contribution is -2.04. The smallest absolute Gasteiger partial charge is 0.172 e. The van der Waals surface area contributed by atoms with Crippen LogP contribution in [0.15, 0.2) is 26.3 Å². The molecule has 0 saturated carbocycles. The van der Waals surface area contributed by atoms with Gasteiger partial charge in [0.15, 0.2) is 0 Å². The molecule has 0 rings (SSSR count). The number of rotatable bonds is 2. The van der Waals surface area contributed by atoms with Crippen LogP contribution in [-0.4, -0.2) is 24.7 Å². The van der Waals surface area contributed by atoms with Gasteiger partial charge in [-0.15, -0.1) is 26.3 Å². The average molecular weight is 448 g/mol. The van der Waals surface area contributed by atoms with Crippen molar-refractivity contribution in [3.05, 3.63) is 26.3 Å². The number of halogens is 12. The van der Waals surface area contributed by atoms with E-state index in [1.807, 2.05) is 0 Å². The minimum absolute atomic E-state index is 0.184. The number of hydrogen-bond donors (Lipinski definition) is 0. The lowest BCUT2D eigenvalue weighted by molar-refractivity contribution is -0.135. The van der Waals surface area contributed by atoms with E-state index >= 15 is 0 Å². The molecule has 0 radical (unpaired) electrons. The summed E-state index contributed by atoms with van der Waals surface area (Å²) >= 11 is 0. The Morgan fingerprint density at radius 3 is 0.571 bits per heavy atom. The van der Waals surface area contributed by atoms with Crippen molar-refractivity contribution < 1.29 is 52.7 Å². The fourth-order valence-corrected chi connectivity index (χ4v) is 0.567. The van der Waals surface area contributed by atoms with Crippen molar-refractivity contribution >= 4 is 0 Å². The summed E-state index contributed by atoms with van der Waals surface area (Å²) in [6.07, 6.45) is -16.9. The summed E-state index contributed by atoms with van der Waals surface area (Å²) in [5.74, 6) is 0. The lowest BCUT2D eigenvalue weighted by Gasteiger charge is -2.00. The minimum atomic E-state index is -4.00. The molecule has 0 N–H and O–H groups in total. The van der Waals surface area contributed by atoms with Crippen molar-refractivity contribution in [2.75, 3.05) is 0 Å². The molecule has 28 heavy (non-hydrogen) atoms. The van der Waals surface area contributed by atoms with Crippen LogP contribution in [0.25, 0.3) is 0 Å². The Labute approximate surface area is 158 Å². The molecule has 0 aliphatic carbocycles. The molecule has 0 amide bonds. The zero-order valence-corrected chi connectivity index (χ0v) is 16.2. The molecule has 176 valence electrons. The molecule has 0 atom stereocenters. The summed E-state index contributed by atoms with van der Waals surface area (Å²) in [7, 11) is 0. The fourth-order valence-electron chi connectivity index (χ4n) is 0.567. The molecular weight excluding hydrogens is 420 g/mol. The predicted molar refractivity (Wildman–Crippen MR) is 87.9 cm³/mol. The Morgan fingerprint density at radius 1 is 0.464 bits per heavy atom. The summed E-state index contributed by atoms with van der Waals surface area (Å²) in [5, 5.41) is 0. The Hall–Kier alpha value is -1.36. The van der Waals surface area contributed by atoms with Crippen molar-refractivity contribution in [2.24, 2.45) is 0 Å². The summed E-state index contributed by atoms with van der Waals surface area (Å²) < 4.78 is 128. The van der Waals surface area contributed by atoms with Crippen LogP contribution >= 0.6 is 0 Å². The Kier molecular flexibility index (Phi) is 32.2. The molecule has 0 spiro atoms. The molecule has 0 unspecified atom stereocenters. The second-order valence-electron chi connectivity index (χ2n) is 4.29. The quantitative estimate of drug-likeness (QED) is 0.292. The Balaban J connectivity index is -0.0000000548. The van der Waals surface area contributed by atoms with Crippen LogP contribution in [0.4, 0.5) is 52.7 Å². The second kappa shape index (κ2) is 21.9. The first kappa shape index (κ1) is 41.1. The zero-order chi connectivity index (χ0) is 24.8. The molecule has 0 aromatic carbocycles. The average Bonchev–Trinajstić information content (AvgIpc) is 2.37. The van der Waals surface area contributed by atoms with Crippen molar-refractivity contribution in [2.45, 2.75) is 78.1 Å². The maximum absolute atomic E-state index is 11.1. The Morgan fingerprint density at radius 2 is 0.571 bits per heavy atom. The van der Waals surface area contributed by atoms with Crippen LogP contribution in [-0.2, 0) is 0 Å². The molecule has 0 heterocycles. The molecular formula is C16H28F12. The van der Waals surface area contributed by atoms with Crippen LogP contribution in [0.5, 0.6) is 0 Å². The van der Waals surface area contributed by atoms with E-state index < -0.39 is 37.5 Å². The molecule has 0 aliphatic heterocycles. The van der Waals surface area contributed by atoms with E-state index in [-0.39, 0.29) is 26.7 Å². The highest BCUT2D eigenvalue weighted by molar-refractivity contribution is 4.45. The first-order valence-corrected chi connectivity index (χ1v) is 7.39. The number of hydrogen-bond acceptors (Lipinski definition) is 0. The van der Waals surface area contributed by atoms with Gasteiger partial charge in [0.05, 0.1) is 0 Å². The zero-order valence-electron chi connectivity index (χ0n) is 16.2. The highest BCUT2D eigenvalue weighted by Gasteiger charge is 2.25. The molecule has 0 saturated heterocycles. The summed E-state index contributed by atoms with van der Waals surface area (Å²) in [5.41, 5.74) is 0. The lowest BCUT2D eigenvalue weighted by atomic mass is 10.3. The minimum Gasteiger partial charge on any atom is -0.172 e. The molecule has 0 fully saturated rings. The molecule has 0 aliphatic rings. The van der Waals surface area contributed by atoms with Crippen molar-refractivity contribution in [1.82, 2.24) is 0 Å². The van der Waals surface area contributed by atoms with Crippen molar-refractivity contribution in [3.8, 4) is 0 Å². The largest absolute Gasteiger partial charge is 0.389 e. The summed E-state index contributed by atoms with van der Waals surface area (Å²) in [6, 6.07) is 0. The van der Waals surface area contributed by atoms with E-state index in [1.54, 1.807) is 0 Å². The summed E-state index contributed by atoms with van der Waals surface area (Å²) in [4.78, 5) is 0. The van der Waals surface area contributed by atoms with Gasteiger partial charge in [-0.25, -0.2) is 0 Å². The topological polar surface area (TPSA) is 0 Å². The van der Waals surface area contributed by atoms with E-state index in [0.29, 0.717) is 0 Å². The third kappa shape index (κ3) is 312. The van der Waals surface area contributed by atoms with Gasteiger partial charge in [0, 0.05) is 26.7 Å². The molecule has 12 heteroatoms. The van der Waals surface area contributed by atoms with Gasteiger partial charge >= 0.3 is 24.7 Å². The van der Waals surface area contributed by atoms with Crippen LogP contribution < -0.4 is 0 Å². The van der Waals surface area contributed by atoms with Gasteiger partial charge in [0.1, 0.15) is 0 Å². The van der Waals surface area contributed by atoms with Gasteiger partial charge in [0.25, 0.3) is 0 Å². The van der Waals surface area contributed by atoms with E-state index in [4.69, 9.17) is 0 Å². The third-order valence-electron chi connectivity index (χ3n) is 1.07. The van der Waals surface area contributed by atoms with Gasteiger partial charge in [-0.1, -0.05) is 13.8 Å². The second-order valence-corrected chi connectivity index (χ2v) is 4.29. The van der Waals surface area contributed by atoms with Crippen molar-refractivity contribution in [1.29, 1.82) is 0 Å². The highest BCUT2D eigenvalue weighted by atomic mass is 19.4. The van der Waals surface area contributed by atoms with Gasteiger partial charge in [0.2, 0.25) is 0 Å². The van der Waals surface area contributed by atoms with Crippen LogP contribution in [0.3, 0.4) is 0 Å². The predicted octanol–water partition coefficient (Wildman–Crippen LogP) is 9.44. The van der Waals surface area contributed by atoms with Gasteiger partial charge in [-0.05, 0) is 12.8 Å². The van der Waals surface area contributed by atoms with E-state index in [2.05, 4.69) is 26.3 Å². The number of alkyl halides is 12. The Bertz CT molecular complexity index is 242. The van der Waals surface area contributed by atoms with Crippen molar-refractivity contribution in [3.63, 3.8) is 0 Å². The van der Waals surface area contributed by atoms with Crippen LogP contribution in [0, 0.1) is 0 Å². The third-order valence-corrected chi connectivity index (χ3v) is 1.07. The van der Waals surface area contributed by atoms with Crippen LogP contribution in [0.2, 0.25) is 0 Å². The maximum Gasteiger partial charge on any atom is 0.389 e. The first-order valence-electron chi connectivity index (χ1n) is 7.39. The van der Waals surface area contributed by atoms with Gasteiger partial charge < -0.3 is 0 Å². The molecule has 0 aromatic heterocycles. The monoisotopic (exact) mass is 448 g/mol. The van der Waals surface area contributed by atoms with E-state index in [9.17, 15) is 52.7 Å². The normalized spacial score (nSPS) is 10.6. The van der Waals surface area contributed by atoms with Gasteiger partial charge in [-0.3, -0.25) is 0 Å². The fraction of sp³-hybridized carbons (Fsp3) is 0.750. The molecule has 0 bridgehead atoms. The van der Waals surface area contributed by atoms with E-state index in [1.165, 1.54) is 13.8 Å². The first-order chi connectivity index (χ1) is 12.1.